The Hall–Kier alpha value is -3.43. The molecule has 0 radical (unpaired) electrons. The summed E-state index contributed by atoms with van der Waals surface area (Å²) in [5.41, 5.74) is 1.27. The molecule has 2 aromatic heterocycles. The average Bonchev–Trinajstić information content (AvgIpc) is 3.35. The monoisotopic (exact) mass is 469 g/mol. The number of nitrogens with zero attached hydrogens (tertiary/aromatic N) is 4. The summed E-state index contributed by atoms with van der Waals surface area (Å²) in [5, 5.41) is 12.6. The Bertz CT molecular complexity index is 1260. The van der Waals surface area contributed by atoms with Crippen LogP contribution in [0.3, 0.4) is 0 Å². The summed E-state index contributed by atoms with van der Waals surface area (Å²) in [6, 6.07) is 16.4. The Morgan fingerprint density at radius 1 is 1.03 bits per heavy atom. The first kappa shape index (κ1) is 21.8. The van der Waals surface area contributed by atoms with Crippen molar-refractivity contribution in [2.75, 3.05) is 19.5 Å². The third kappa shape index (κ3) is 4.74. The molecule has 4 aromatic rings. The van der Waals surface area contributed by atoms with Crippen molar-refractivity contribution in [2.45, 2.75) is 10.9 Å². The van der Waals surface area contributed by atoms with Gasteiger partial charge in [-0.1, -0.05) is 35.5 Å². The summed E-state index contributed by atoms with van der Waals surface area (Å²) >= 11 is 7.37. The summed E-state index contributed by atoms with van der Waals surface area (Å²) in [6.07, 6.45) is 3.54. The van der Waals surface area contributed by atoms with Crippen molar-refractivity contribution in [2.24, 2.45) is 0 Å². The zero-order valence-corrected chi connectivity index (χ0v) is 18.9. The quantitative estimate of drug-likeness (QED) is 0.381. The van der Waals surface area contributed by atoms with Gasteiger partial charge in [0.25, 0.3) is 0 Å². The fourth-order valence-electron chi connectivity index (χ4n) is 2.95. The smallest absolute Gasteiger partial charge is 0.316 e. The van der Waals surface area contributed by atoms with Crippen LogP contribution in [-0.2, 0) is 5.75 Å². The Morgan fingerprint density at radius 3 is 2.47 bits per heavy atom. The number of ether oxygens (including phenoxy) is 2. The first-order valence-electron chi connectivity index (χ1n) is 9.58. The molecule has 0 fully saturated rings. The Balaban J connectivity index is 1.68. The van der Waals surface area contributed by atoms with Crippen LogP contribution in [0.4, 0.5) is 11.5 Å². The van der Waals surface area contributed by atoms with Crippen LogP contribution < -0.4 is 20.3 Å². The molecule has 0 atom stereocenters. The predicted octanol–water partition coefficient (Wildman–Crippen LogP) is 4.46. The maximum absolute atomic E-state index is 13.4. The van der Waals surface area contributed by atoms with E-state index in [0.29, 0.717) is 33.1 Å². The lowest BCUT2D eigenvalue weighted by atomic mass is 10.2. The number of halogens is 1. The molecule has 2 heterocycles. The summed E-state index contributed by atoms with van der Waals surface area (Å²) in [5.74, 6) is 1.82. The van der Waals surface area contributed by atoms with Crippen molar-refractivity contribution in [3.05, 3.63) is 87.9 Å². The highest BCUT2D eigenvalue weighted by atomic mass is 35.5. The van der Waals surface area contributed by atoms with Crippen LogP contribution in [-0.4, -0.2) is 33.8 Å². The van der Waals surface area contributed by atoms with E-state index in [1.807, 2.05) is 36.4 Å². The molecule has 0 amide bonds. The van der Waals surface area contributed by atoms with Gasteiger partial charge in [-0.3, -0.25) is 9.47 Å². The van der Waals surface area contributed by atoms with Gasteiger partial charge in [0, 0.05) is 29.2 Å². The average molecular weight is 470 g/mol. The van der Waals surface area contributed by atoms with Gasteiger partial charge in [0.05, 0.1) is 19.9 Å². The fourth-order valence-corrected chi connectivity index (χ4v) is 3.97. The number of hydrogen-bond donors (Lipinski definition) is 1. The zero-order valence-electron chi connectivity index (χ0n) is 17.4. The molecule has 2 aromatic carbocycles. The standard InChI is InChI=1S/C22H20ClN5O3S/c1-30-17-9-10-18(19(13-17)31-2)24-20-21(29)28(27-11-3-4-12-27)22(26-25-20)32-14-15-5-7-16(23)8-6-15/h3-13H,14H2,1-2H3,(H,24,25). The highest BCUT2D eigenvalue weighted by Crippen LogP contribution is 2.30. The number of rotatable bonds is 8. The van der Waals surface area contributed by atoms with E-state index >= 15 is 0 Å². The highest BCUT2D eigenvalue weighted by molar-refractivity contribution is 7.98. The summed E-state index contributed by atoms with van der Waals surface area (Å²) in [4.78, 5) is 13.4. The molecule has 0 aliphatic carbocycles. The highest BCUT2D eigenvalue weighted by Gasteiger charge is 2.16. The van der Waals surface area contributed by atoms with E-state index in [2.05, 4.69) is 15.5 Å². The molecular formula is C22H20ClN5O3S. The van der Waals surface area contributed by atoms with Crippen LogP contribution in [0.1, 0.15) is 5.56 Å². The van der Waals surface area contributed by atoms with Gasteiger partial charge in [-0.15, -0.1) is 10.2 Å². The molecule has 0 saturated carbocycles. The minimum atomic E-state index is -0.354. The minimum absolute atomic E-state index is 0.0676. The molecule has 32 heavy (non-hydrogen) atoms. The third-order valence-electron chi connectivity index (χ3n) is 4.57. The van der Waals surface area contributed by atoms with Gasteiger partial charge in [0.1, 0.15) is 11.5 Å². The number of nitrogens with one attached hydrogen (secondary N) is 1. The minimum Gasteiger partial charge on any atom is -0.497 e. The molecule has 4 rings (SSSR count). The van der Waals surface area contributed by atoms with Gasteiger partial charge in [0.15, 0.2) is 0 Å². The molecule has 0 spiro atoms. The van der Waals surface area contributed by atoms with E-state index in [1.165, 1.54) is 16.4 Å². The Morgan fingerprint density at radius 2 is 1.78 bits per heavy atom. The number of thioether (sulfide) groups is 1. The molecule has 0 aliphatic heterocycles. The van der Waals surface area contributed by atoms with E-state index in [1.54, 1.807) is 49.5 Å². The zero-order chi connectivity index (χ0) is 22.5. The molecule has 0 bridgehead atoms. The van der Waals surface area contributed by atoms with Gasteiger partial charge in [0.2, 0.25) is 11.0 Å². The molecule has 10 heteroatoms. The number of hydrogen-bond acceptors (Lipinski definition) is 7. The van der Waals surface area contributed by atoms with Crippen LogP contribution in [0.5, 0.6) is 11.5 Å². The van der Waals surface area contributed by atoms with Gasteiger partial charge in [-0.05, 0) is 42.0 Å². The van der Waals surface area contributed by atoms with Gasteiger partial charge in [-0.25, -0.2) is 0 Å². The Kier molecular flexibility index (Phi) is 6.67. The SMILES string of the molecule is COc1ccc(Nc2nnc(SCc3ccc(Cl)cc3)n(-n3cccc3)c2=O)c(OC)c1. The summed E-state index contributed by atoms with van der Waals surface area (Å²) in [7, 11) is 3.11. The normalized spacial score (nSPS) is 10.7. The third-order valence-corrected chi connectivity index (χ3v) is 5.82. The van der Waals surface area contributed by atoms with Crippen LogP contribution in [0, 0.1) is 0 Å². The van der Waals surface area contributed by atoms with Crippen molar-refractivity contribution in [3.8, 4) is 11.5 Å². The largest absolute Gasteiger partial charge is 0.497 e. The van der Waals surface area contributed by atoms with Crippen LogP contribution in [0.15, 0.2) is 76.9 Å². The van der Waals surface area contributed by atoms with Crippen molar-refractivity contribution in [3.63, 3.8) is 0 Å². The lowest BCUT2D eigenvalue weighted by Crippen LogP contribution is -2.30. The molecular weight excluding hydrogens is 450 g/mol. The van der Waals surface area contributed by atoms with Crippen molar-refractivity contribution in [1.82, 2.24) is 19.5 Å². The topological polar surface area (TPSA) is 83.2 Å². The number of aromatic nitrogens is 4. The molecule has 8 nitrogen and oxygen atoms in total. The lowest BCUT2D eigenvalue weighted by Gasteiger charge is -2.15. The first-order valence-corrected chi connectivity index (χ1v) is 10.9. The van der Waals surface area contributed by atoms with Crippen molar-refractivity contribution < 1.29 is 9.47 Å². The Labute approximate surface area is 193 Å². The van der Waals surface area contributed by atoms with E-state index in [-0.39, 0.29) is 11.4 Å². The van der Waals surface area contributed by atoms with E-state index in [4.69, 9.17) is 21.1 Å². The second kappa shape index (κ2) is 9.80. The molecule has 164 valence electrons. The van der Waals surface area contributed by atoms with Gasteiger partial charge in [-0.2, -0.15) is 4.68 Å². The van der Waals surface area contributed by atoms with Crippen molar-refractivity contribution in [1.29, 1.82) is 0 Å². The van der Waals surface area contributed by atoms with Gasteiger partial charge >= 0.3 is 5.56 Å². The number of anilines is 2. The fraction of sp³-hybridized carbons (Fsp3) is 0.136. The molecule has 1 N–H and O–H groups in total. The van der Waals surface area contributed by atoms with E-state index in [9.17, 15) is 4.79 Å². The second-order valence-corrected chi connectivity index (χ2v) is 8.00. The van der Waals surface area contributed by atoms with Crippen LogP contribution in [0.2, 0.25) is 5.02 Å². The van der Waals surface area contributed by atoms with Gasteiger partial charge < -0.3 is 14.8 Å². The maximum atomic E-state index is 13.4. The van der Waals surface area contributed by atoms with Crippen LogP contribution in [0.25, 0.3) is 0 Å². The molecule has 0 saturated heterocycles. The predicted molar refractivity (Wildman–Crippen MR) is 125 cm³/mol. The summed E-state index contributed by atoms with van der Waals surface area (Å²) in [6.45, 7) is 0. The maximum Gasteiger partial charge on any atom is 0.316 e. The summed E-state index contributed by atoms with van der Waals surface area (Å²) < 4.78 is 13.8. The van der Waals surface area contributed by atoms with Crippen molar-refractivity contribution >= 4 is 34.9 Å². The molecule has 0 aliphatic rings. The van der Waals surface area contributed by atoms with E-state index < -0.39 is 0 Å². The number of benzene rings is 2. The van der Waals surface area contributed by atoms with E-state index in [0.717, 1.165) is 5.56 Å². The first-order chi connectivity index (χ1) is 15.6. The van der Waals surface area contributed by atoms with Crippen LogP contribution >= 0.6 is 23.4 Å². The number of methoxy groups -OCH3 is 2. The second-order valence-electron chi connectivity index (χ2n) is 6.62. The molecule has 0 unspecified atom stereocenters. The lowest BCUT2D eigenvalue weighted by molar-refractivity contribution is 0.395.